The first-order chi connectivity index (χ1) is 5.83. The number of hydrogen-bond donors (Lipinski definition) is 0. The van der Waals surface area contributed by atoms with E-state index in [0.29, 0.717) is 0 Å². The molecule has 0 radical (unpaired) electrons. The SMILES string of the molecule is Cc1nn2cc(C3CC3)nc2s1. The van der Waals surface area contributed by atoms with Crippen molar-refractivity contribution in [2.45, 2.75) is 25.7 Å². The fourth-order valence-corrected chi connectivity index (χ4v) is 2.12. The van der Waals surface area contributed by atoms with E-state index >= 15 is 0 Å². The second kappa shape index (κ2) is 2.07. The molecule has 1 aliphatic carbocycles. The van der Waals surface area contributed by atoms with Crippen LogP contribution in [0, 0.1) is 6.92 Å². The van der Waals surface area contributed by atoms with E-state index < -0.39 is 0 Å². The molecule has 62 valence electrons. The largest absolute Gasteiger partial charge is 0.222 e. The van der Waals surface area contributed by atoms with Crippen LogP contribution in [-0.2, 0) is 0 Å². The van der Waals surface area contributed by atoms with Gasteiger partial charge in [0.25, 0.3) is 0 Å². The summed E-state index contributed by atoms with van der Waals surface area (Å²) in [6.07, 6.45) is 4.68. The summed E-state index contributed by atoms with van der Waals surface area (Å²) in [4.78, 5) is 5.55. The van der Waals surface area contributed by atoms with E-state index in [1.807, 2.05) is 11.4 Å². The van der Waals surface area contributed by atoms with Gasteiger partial charge in [0.05, 0.1) is 11.9 Å². The number of rotatable bonds is 1. The molecule has 2 heterocycles. The van der Waals surface area contributed by atoms with Crippen LogP contribution in [0.2, 0.25) is 0 Å². The molecule has 0 N–H and O–H groups in total. The monoisotopic (exact) mass is 179 g/mol. The number of fused-ring (bicyclic) bond motifs is 1. The van der Waals surface area contributed by atoms with Crippen molar-refractivity contribution in [2.24, 2.45) is 0 Å². The number of hydrogen-bond acceptors (Lipinski definition) is 3. The third-order valence-electron chi connectivity index (χ3n) is 2.16. The Morgan fingerprint density at radius 3 is 3.08 bits per heavy atom. The van der Waals surface area contributed by atoms with Gasteiger partial charge in [-0.1, -0.05) is 11.3 Å². The standard InChI is InChI=1S/C8H9N3S/c1-5-10-11-4-7(6-2-3-6)9-8(11)12-5/h4,6H,2-3H2,1H3. The van der Waals surface area contributed by atoms with Crippen molar-refractivity contribution in [3.8, 4) is 0 Å². The fourth-order valence-electron chi connectivity index (χ4n) is 1.39. The molecule has 0 saturated heterocycles. The summed E-state index contributed by atoms with van der Waals surface area (Å²) in [5.41, 5.74) is 1.23. The van der Waals surface area contributed by atoms with Gasteiger partial charge in [0.2, 0.25) is 4.96 Å². The molecule has 0 aliphatic heterocycles. The summed E-state index contributed by atoms with van der Waals surface area (Å²) in [6, 6.07) is 0. The maximum absolute atomic E-state index is 4.51. The lowest BCUT2D eigenvalue weighted by molar-refractivity contribution is 0.937. The number of nitrogens with zero attached hydrogens (tertiary/aromatic N) is 3. The van der Waals surface area contributed by atoms with E-state index in [4.69, 9.17) is 0 Å². The highest BCUT2D eigenvalue weighted by Crippen LogP contribution is 2.39. The van der Waals surface area contributed by atoms with Gasteiger partial charge in [0, 0.05) is 5.92 Å². The predicted octanol–water partition coefficient (Wildman–Crippen LogP) is 1.98. The third kappa shape index (κ3) is 0.876. The van der Waals surface area contributed by atoms with E-state index in [1.54, 1.807) is 11.3 Å². The smallest absolute Gasteiger partial charge is 0.212 e. The van der Waals surface area contributed by atoms with E-state index in [2.05, 4.69) is 16.3 Å². The van der Waals surface area contributed by atoms with Crippen molar-refractivity contribution >= 4 is 16.3 Å². The van der Waals surface area contributed by atoms with Crippen molar-refractivity contribution in [1.29, 1.82) is 0 Å². The highest BCUT2D eigenvalue weighted by molar-refractivity contribution is 7.16. The van der Waals surface area contributed by atoms with Crippen LogP contribution in [-0.4, -0.2) is 14.6 Å². The van der Waals surface area contributed by atoms with Crippen LogP contribution in [0.25, 0.3) is 4.96 Å². The van der Waals surface area contributed by atoms with E-state index in [-0.39, 0.29) is 0 Å². The molecule has 0 atom stereocenters. The maximum Gasteiger partial charge on any atom is 0.212 e. The lowest BCUT2D eigenvalue weighted by Crippen LogP contribution is -1.80. The predicted molar refractivity (Wildman–Crippen MR) is 47.6 cm³/mol. The van der Waals surface area contributed by atoms with Gasteiger partial charge in [0.1, 0.15) is 5.01 Å². The minimum Gasteiger partial charge on any atom is -0.222 e. The summed E-state index contributed by atoms with van der Waals surface area (Å²) >= 11 is 1.66. The first-order valence-corrected chi connectivity index (χ1v) is 4.97. The Morgan fingerprint density at radius 2 is 2.42 bits per heavy atom. The first kappa shape index (κ1) is 6.60. The van der Waals surface area contributed by atoms with Crippen LogP contribution in [0.3, 0.4) is 0 Å². The average Bonchev–Trinajstić information content (AvgIpc) is 2.69. The number of imidazole rings is 1. The van der Waals surface area contributed by atoms with Crippen molar-refractivity contribution in [3.63, 3.8) is 0 Å². The van der Waals surface area contributed by atoms with Crippen LogP contribution < -0.4 is 0 Å². The minimum absolute atomic E-state index is 0.735. The average molecular weight is 179 g/mol. The Bertz CT molecular complexity index is 393. The molecule has 0 bridgehead atoms. The number of aromatic nitrogens is 3. The highest BCUT2D eigenvalue weighted by atomic mass is 32.1. The molecular weight excluding hydrogens is 170 g/mol. The minimum atomic E-state index is 0.735. The summed E-state index contributed by atoms with van der Waals surface area (Å²) < 4.78 is 1.90. The molecule has 1 fully saturated rings. The van der Waals surface area contributed by atoms with Crippen LogP contribution in [0.15, 0.2) is 6.20 Å². The summed E-state index contributed by atoms with van der Waals surface area (Å²) in [5, 5.41) is 5.40. The van der Waals surface area contributed by atoms with Gasteiger partial charge in [-0.25, -0.2) is 9.50 Å². The maximum atomic E-state index is 4.51. The van der Waals surface area contributed by atoms with Crippen molar-refractivity contribution in [3.05, 3.63) is 16.9 Å². The van der Waals surface area contributed by atoms with Gasteiger partial charge >= 0.3 is 0 Å². The second-order valence-electron chi connectivity index (χ2n) is 3.29. The van der Waals surface area contributed by atoms with Gasteiger partial charge in [-0.05, 0) is 19.8 Å². The van der Waals surface area contributed by atoms with Gasteiger partial charge in [-0.15, -0.1) is 0 Å². The molecule has 1 aliphatic rings. The van der Waals surface area contributed by atoms with Crippen LogP contribution in [0.1, 0.15) is 29.5 Å². The van der Waals surface area contributed by atoms with E-state index in [1.165, 1.54) is 18.5 Å². The molecule has 2 aromatic rings. The molecular formula is C8H9N3S. The molecule has 0 amide bonds. The quantitative estimate of drug-likeness (QED) is 0.670. The zero-order chi connectivity index (χ0) is 8.13. The highest BCUT2D eigenvalue weighted by Gasteiger charge is 2.26. The Balaban J connectivity index is 2.18. The third-order valence-corrected chi connectivity index (χ3v) is 3.00. The lowest BCUT2D eigenvalue weighted by atomic mass is 10.3. The molecule has 0 spiro atoms. The van der Waals surface area contributed by atoms with Crippen molar-refractivity contribution in [2.75, 3.05) is 0 Å². The zero-order valence-electron chi connectivity index (χ0n) is 6.82. The van der Waals surface area contributed by atoms with E-state index in [9.17, 15) is 0 Å². The molecule has 2 aromatic heterocycles. The zero-order valence-corrected chi connectivity index (χ0v) is 7.64. The van der Waals surface area contributed by atoms with Gasteiger partial charge in [0.15, 0.2) is 0 Å². The molecule has 4 heteroatoms. The first-order valence-electron chi connectivity index (χ1n) is 4.15. The Morgan fingerprint density at radius 1 is 1.58 bits per heavy atom. The summed E-state index contributed by atoms with van der Waals surface area (Å²) in [5.74, 6) is 0.735. The van der Waals surface area contributed by atoms with Crippen molar-refractivity contribution in [1.82, 2.24) is 14.6 Å². The molecule has 0 aromatic carbocycles. The molecule has 3 nitrogen and oxygen atoms in total. The Kier molecular flexibility index (Phi) is 1.14. The van der Waals surface area contributed by atoms with Gasteiger partial charge < -0.3 is 0 Å². The second-order valence-corrected chi connectivity index (χ2v) is 4.45. The lowest BCUT2D eigenvalue weighted by Gasteiger charge is -1.83. The van der Waals surface area contributed by atoms with Crippen LogP contribution >= 0.6 is 11.3 Å². The molecule has 12 heavy (non-hydrogen) atoms. The fraction of sp³-hybridized carbons (Fsp3) is 0.500. The van der Waals surface area contributed by atoms with Gasteiger partial charge in [-0.2, -0.15) is 5.10 Å². The Hall–Kier alpha value is -0.900. The number of aryl methyl sites for hydroxylation is 1. The summed E-state index contributed by atoms with van der Waals surface area (Å²) in [7, 11) is 0. The normalized spacial score (nSPS) is 17.4. The molecule has 1 saturated carbocycles. The van der Waals surface area contributed by atoms with Crippen LogP contribution in [0.4, 0.5) is 0 Å². The van der Waals surface area contributed by atoms with Crippen LogP contribution in [0.5, 0.6) is 0 Å². The van der Waals surface area contributed by atoms with Gasteiger partial charge in [-0.3, -0.25) is 0 Å². The van der Waals surface area contributed by atoms with E-state index in [0.717, 1.165) is 15.9 Å². The summed E-state index contributed by atoms with van der Waals surface area (Å²) in [6.45, 7) is 2.01. The van der Waals surface area contributed by atoms with Crippen molar-refractivity contribution < 1.29 is 0 Å². The topological polar surface area (TPSA) is 30.2 Å². The molecule has 0 unspecified atom stereocenters. The molecule has 3 rings (SSSR count). The Labute approximate surface area is 74.1 Å².